The van der Waals surface area contributed by atoms with E-state index < -0.39 is 29.6 Å². The first-order valence-electron chi connectivity index (χ1n) is 4.97. The minimum Gasteiger partial charge on any atom is -0.392 e. The van der Waals surface area contributed by atoms with Crippen LogP contribution in [0.25, 0.3) is 11.1 Å². The Hall–Kier alpha value is -1.81. The van der Waals surface area contributed by atoms with Gasteiger partial charge >= 0.3 is 0 Å². The van der Waals surface area contributed by atoms with Crippen LogP contribution in [-0.4, -0.2) is 5.11 Å². The van der Waals surface area contributed by atoms with Crippen LogP contribution in [0.3, 0.4) is 0 Å². The molecule has 88 valence electrons. The average Bonchev–Trinajstić information content (AvgIpc) is 2.30. The fourth-order valence-corrected chi connectivity index (χ4v) is 1.64. The normalized spacial score (nSPS) is 10.6. The van der Waals surface area contributed by atoms with Gasteiger partial charge in [0.1, 0.15) is 17.5 Å². The Morgan fingerprint density at radius 1 is 0.882 bits per heavy atom. The van der Waals surface area contributed by atoms with Gasteiger partial charge < -0.3 is 5.11 Å². The fourth-order valence-electron chi connectivity index (χ4n) is 1.64. The molecular formula is C13H9F3O. The van der Waals surface area contributed by atoms with E-state index in [9.17, 15) is 13.2 Å². The lowest BCUT2D eigenvalue weighted by atomic mass is 10.0. The molecule has 0 atom stereocenters. The highest BCUT2D eigenvalue weighted by molar-refractivity contribution is 5.65. The summed E-state index contributed by atoms with van der Waals surface area (Å²) >= 11 is 0. The standard InChI is InChI=1S/C13H9F3O/c14-10-4-2-1-3-9(10)13-11(15)5-8(7-17)6-12(13)16/h1-6,17H,7H2. The first-order valence-corrected chi connectivity index (χ1v) is 4.97. The Kier molecular flexibility index (Phi) is 3.15. The molecule has 0 aromatic heterocycles. The summed E-state index contributed by atoms with van der Waals surface area (Å²) in [5, 5.41) is 8.80. The molecule has 0 saturated carbocycles. The van der Waals surface area contributed by atoms with E-state index in [1.807, 2.05) is 0 Å². The number of hydrogen-bond donors (Lipinski definition) is 1. The first-order chi connectivity index (χ1) is 8.13. The van der Waals surface area contributed by atoms with Gasteiger partial charge in [-0.25, -0.2) is 13.2 Å². The zero-order chi connectivity index (χ0) is 12.4. The Balaban J connectivity index is 2.64. The van der Waals surface area contributed by atoms with Gasteiger partial charge in [-0.05, 0) is 23.8 Å². The van der Waals surface area contributed by atoms with Crippen molar-refractivity contribution in [2.75, 3.05) is 0 Å². The molecule has 2 aromatic rings. The van der Waals surface area contributed by atoms with E-state index in [1.54, 1.807) is 0 Å². The van der Waals surface area contributed by atoms with Crippen LogP contribution in [0.2, 0.25) is 0 Å². The number of rotatable bonds is 2. The summed E-state index contributed by atoms with van der Waals surface area (Å²) in [6, 6.07) is 7.35. The van der Waals surface area contributed by atoms with Crippen LogP contribution in [0.4, 0.5) is 13.2 Å². The zero-order valence-electron chi connectivity index (χ0n) is 8.75. The molecule has 17 heavy (non-hydrogen) atoms. The van der Waals surface area contributed by atoms with Crippen molar-refractivity contribution in [1.82, 2.24) is 0 Å². The third-order valence-electron chi connectivity index (χ3n) is 2.43. The molecule has 4 heteroatoms. The summed E-state index contributed by atoms with van der Waals surface area (Å²) in [5.74, 6) is -2.47. The summed E-state index contributed by atoms with van der Waals surface area (Å²) in [6.07, 6.45) is 0. The zero-order valence-corrected chi connectivity index (χ0v) is 8.75. The van der Waals surface area contributed by atoms with Crippen LogP contribution in [0, 0.1) is 17.5 Å². The molecule has 2 aromatic carbocycles. The quantitative estimate of drug-likeness (QED) is 0.851. The van der Waals surface area contributed by atoms with Crippen LogP contribution in [0.5, 0.6) is 0 Å². The number of benzene rings is 2. The largest absolute Gasteiger partial charge is 0.392 e. The van der Waals surface area contributed by atoms with Crippen molar-refractivity contribution in [2.45, 2.75) is 6.61 Å². The summed E-state index contributed by atoms with van der Waals surface area (Å²) < 4.78 is 40.7. The monoisotopic (exact) mass is 238 g/mol. The number of halogens is 3. The van der Waals surface area contributed by atoms with Crippen molar-refractivity contribution in [3.05, 3.63) is 59.4 Å². The molecular weight excluding hydrogens is 229 g/mol. The molecule has 0 spiro atoms. The van der Waals surface area contributed by atoms with Crippen molar-refractivity contribution in [3.8, 4) is 11.1 Å². The van der Waals surface area contributed by atoms with Gasteiger partial charge in [-0.15, -0.1) is 0 Å². The second-order valence-electron chi connectivity index (χ2n) is 3.57. The van der Waals surface area contributed by atoms with E-state index >= 15 is 0 Å². The van der Waals surface area contributed by atoms with E-state index in [4.69, 9.17) is 5.11 Å². The van der Waals surface area contributed by atoms with Crippen molar-refractivity contribution in [2.24, 2.45) is 0 Å². The van der Waals surface area contributed by atoms with Gasteiger partial charge in [0.25, 0.3) is 0 Å². The third-order valence-corrected chi connectivity index (χ3v) is 2.43. The summed E-state index contributed by atoms with van der Waals surface area (Å²) in [7, 11) is 0. The molecule has 2 rings (SSSR count). The summed E-state index contributed by atoms with van der Waals surface area (Å²) in [5.41, 5.74) is -0.438. The molecule has 0 aliphatic carbocycles. The lowest BCUT2D eigenvalue weighted by Crippen LogP contribution is -1.96. The predicted octanol–water partition coefficient (Wildman–Crippen LogP) is 3.26. The maximum Gasteiger partial charge on any atom is 0.134 e. The van der Waals surface area contributed by atoms with E-state index in [2.05, 4.69) is 0 Å². The van der Waals surface area contributed by atoms with Gasteiger partial charge in [0.05, 0.1) is 12.2 Å². The van der Waals surface area contributed by atoms with Gasteiger partial charge in [0, 0.05) is 5.56 Å². The SMILES string of the molecule is OCc1cc(F)c(-c2ccccc2F)c(F)c1. The minimum atomic E-state index is -0.890. The molecule has 0 aliphatic heterocycles. The number of hydrogen-bond acceptors (Lipinski definition) is 1. The molecule has 1 nitrogen and oxygen atoms in total. The highest BCUT2D eigenvalue weighted by atomic mass is 19.1. The fraction of sp³-hybridized carbons (Fsp3) is 0.0769. The molecule has 0 aliphatic rings. The highest BCUT2D eigenvalue weighted by Crippen LogP contribution is 2.29. The predicted molar refractivity (Wildman–Crippen MR) is 57.7 cm³/mol. The topological polar surface area (TPSA) is 20.2 Å². The Labute approximate surface area is 96.1 Å². The molecule has 0 amide bonds. The molecule has 0 bridgehead atoms. The Morgan fingerprint density at radius 2 is 1.47 bits per heavy atom. The van der Waals surface area contributed by atoms with Crippen LogP contribution in [0.15, 0.2) is 36.4 Å². The minimum absolute atomic E-state index is 0.111. The second-order valence-corrected chi connectivity index (χ2v) is 3.57. The van der Waals surface area contributed by atoms with E-state index in [1.165, 1.54) is 18.2 Å². The van der Waals surface area contributed by atoms with Crippen molar-refractivity contribution >= 4 is 0 Å². The second kappa shape index (κ2) is 4.59. The molecule has 0 heterocycles. The lowest BCUT2D eigenvalue weighted by molar-refractivity contribution is 0.280. The van der Waals surface area contributed by atoms with Gasteiger partial charge in [0.15, 0.2) is 0 Å². The van der Waals surface area contributed by atoms with Crippen molar-refractivity contribution in [1.29, 1.82) is 0 Å². The number of aliphatic hydroxyl groups excluding tert-OH is 1. The van der Waals surface area contributed by atoms with Gasteiger partial charge in [-0.3, -0.25) is 0 Å². The van der Waals surface area contributed by atoms with Gasteiger partial charge in [-0.1, -0.05) is 18.2 Å². The van der Waals surface area contributed by atoms with E-state index in [-0.39, 0.29) is 11.1 Å². The highest BCUT2D eigenvalue weighted by Gasteiger charge is 2.15. The van der Waals surface area contributed by atoms with Crippen molar-refractivity contribution in [3.63, 3.8) is 0 Å². The Bertz CT molecular complexity index is 529. The van der Waals surface area contributed by atoms with Crippen LogP contribution < -0.4 is 0 Å². The Morgan fingerprint density at radius 3 is 2.00 bits per heavy atom. The van der Waals surface area contributed by atoms with Gasteiger partial charge in [-0.2, -0.15) is 0 Å². The van der Waals surface area contributed by atoms with Crippen molar-refractivity contribution < 1.29 is 18.3 Å². The summed E-state index contributed by atoms with van der Waals surface area (Å²) in [4.78, 5) is 0. The molecule has 0 unspecified atom stereocenters. The smallest absolute Gasteiger partial charge is 0.134 e. The number of aliphatic hydroxyl groups is 1. The van der Waals surface area contributed by atoms with Gasteiger partial charge in [0.2, 0.25) is 0 Å². The third kappa shape index (κ3) is 2.17. The maximum absolute atomic E-state index is 13.6. The van der Waals surface area contributed by atoms with Crippen LogP contribution in [-0.2, 0) is 6.61 Å². The lowest BCUT2D eigenvalue weighted by Gasteiger charge is -2.08. The first kappa shape index (κ1) is 11.7. The van der Waals surface area contributed by atoms with E-state index in [0.717, 1.165) is 18.2 Å². The molecule has 1 N–H and O–H groups in total. The van der Waals surface area contributed by atoms with Crippen LogP contribution >= 0.6 is 0 Å². The molecule has 0 fully saturated rings. The van der Waals surface area contributed by atoms with E-state index in [0.29, 0.717) is 0 Å². The molecule has 0 saturated heterocycles. The summed E-state index contributed by atoms with van der Waals surface area (Å²) in [6.45, 7) is -0.467. The molecule has 0 radical (unpaired) electrons. The average molecular weight is 238 g/mol. The van der Waals surface area contributed by atoms with Crippen LogP contribution in [0.1, 0.15) is 5.56 Å². The maximum atomic E-state index is 13.6.